The largest absolute Gasteiger partial charge is 0.362 e. The molecule has 0 bridgehead atoms. The maximum Gasteiger partial charge on any atom is 0.170 e. The molecule has 148 valence electrons. The lowest BCUT2D eigenvalue weighted by Gasteiger charge is -2.09. The van der Waals surface area contributed by atoms with Gasteiger partial charge in [0.05, 0.1) is 34.8 Å². The highest BCUT2D eigenvalue weighted by Gasteiger charge is 2.08. The Morgan fingerprint density at radius 3 is 2.79 bits per heavy atom. The number of hydrogen-bond acceptors (Lipinski definition) is 3. The highest BCUT2D eigenvalue weighted by atomic mass is 35.5. The first kappa shape index (κ1) is 20.6. The Morgan fingerprint density at radius 2 is 2.07 bits per heavy atom. The molecule has 1 aromatic carbocycles. The van der Waals surface area contributed by atoms with Crippen LogP contribution in [0.25, 0.3) is 0 Å². The third-order valence-corrected chi connectivity index (χ3v) is 5.28. The lowest BCUT2D eigenvalue weighted by Crippen LogP contribution is -2.29. The lowest BCUT2D eigenvalue weighted by atomic mass is 10.2. The third kappa shape index (κ3) is 5.47. The molecular weight excluding hydrogens is 415 g/mol. The highest BCUT2D eigenvalue weighted by molar-refractivity contribution is 7.80. The second kappa shape index (κ2) is 9.41. The topological polar surface area (TPSA) is 59.7 Å². The normalized spacial score (nSPS) is 10.9. The van der Waals surface area contributed by atoms with Crippen molar-refractivity contribution in [1.82, 2.24) is 24.9 Å². The smallest absolute Gasteiger partial charge is 0.170 e. The van der Waals surface area contributed by atoms with Gasteiger partial charge in [0, 0.05) is 24.3 Å². The van der Waals surface area contributed by atoms with E-state index in [1.165, 1.54) is 0 Å². The molecule has 0 atom stereocenters. The Morgan fingerprint density at radius 1 is 1.25 bits per heavy atom. The number of hydrogen-bond donors (Lipinski definition) is 2. The van der Waals surface area contributed by atoms with E-state index in [9.17, 15) is 0 Å². The number of anilines is 1. The number of aryl methyl sites for hydroxylation is 2. The van der Waals surface area contributed by atoms with Crippen molar-refractivity contribution in [3.63, 3.8) is 0 Å². The standard InChI is InChI=1S/C19H22Cl2N6S/c1-13-18(21)14(2)27(25-13)8-4-7-22-19(28)24-17-10-23-26(12-17)11-15-5-3-6-16(20)9-15/h3,5-6,9-10,12H,4,7-8,11H2,1-2H3,(H2,22,24,28). The average Bonchev–Trinajstić information content (AvgIpc) is 3.18. The highest BCUT2D eigenvalue weighted by Crippen LogP contribution is 2.19. The van der Waals surface area contributed by atoms with Gasteiger partial charge in [-0.15, -0.1) is 0 Å². The zero-order chi connectivity index (χ0) is 20.1. The molecular formula is C19H22Cl2N6S. The first-order valence-corrected chi connectivity index (χ1v) is 10.1. The summed E-state index contributed by atoms with van der Waals surface area (Å²) < 4.78 is 3.76. The minimum absolute atomic E-state index is 0.564. The van der Waals surface area contributed by atoms with Crippen molar-refractivity contribution in [3.8, 4) is 0 Å². The molecule has 9 heteroatoms. The Kier molecular flexibility index (Phi) is 6.93. The Bertz CT molecular complexity index is 965. The Balaban J connectivity index is 1.42. The molecule has 3 aromatic rings. The maximum absolute atomic E-state index is 6.17. The molecule has 0 aliphatic rings. The SMILES string of the molecule is Cc1nn(CCCNC(=S)Nc2cnn(Cc3cccc(Cl)c3)c2)c(C)c1Cl. The van der Waals surface area contributed by atoms with E-state index >= 15 is 0 Å². The molecule has 28 heavy (non-hydrogen) atoms. The van der Waals surface area contributed by atoms with Gasteiger partial charge in [0.1, 0.15) is 0 Å². The molecule has 0 aliphatic carbocycles. The number of nitrogens with one attached hydrogen (secondary N) is 2. The van der Waals surface area contributed by atoms with Gasteiger partial charge < -0.3 is 10.6 Å². The summed E-state index contributed by atoms with van der Waals surface area (Å²) in [5.41, 5.74) is 3.78. The van der Waals surface area contributed by atoms with Gasteiger partial charge in [-0.1, -0.05) is 35.3 Å². The van der Waals surface area contributed by atoms with Crippen LogP contribution in [0, 0.1) is 13.8 Å². The van der Waals surface area contributed by atoms with E-state index in [0.717, 1.165) is 52.2 Å². The average molecular weight is 437 g/mol. The van der Waals surface area contributed by atoms with E-state index < -0.39 is 0 Å². The van der Waals surface area contributed by atoms with Crippen LogP contribution < -0.4 is 10.6 Å². The van der Waals surface area contributed by atoms with Crippen molar-refractivity contribution >= 4 is 46.2 Å². The molecule has 2 heterocycles. The Labute approximate surface area is 179 Å². The first-order valence-electron chi connectivity index (χ1n) is 8.93. The molecule has 0 radical (unpaired) electrons. The zero-order valence-corrected chi connectivity index (χ0v) is 18.1. The van der Waals surface area contributed by atoms with Crippen molar-refractivity contribution in [2.75, 3.05) is 11.9 Å². The minimum atomic E-state index is 0.564. The fraction of sp³-hybridized carbons (Fsp3) is 0.316. The fourth-order valence-electron chi connectivity index (χ4n) is 2.84. The first-order chi connectivity index (χ1) is 13.4. The van der Waals surface area contributed by atoms with Crippen molar-refractivity contribution in [2.45, 2.75) is 33.4 Å². The number of halogens is 2. The Hall–Kier alpha value is -2.09. The number of rotatable bonds is 7. The van der Waals surface area contributed by atoms with E-state index in [4.69, 9.17) is 35.4 Å². The summed E-state index contributed by atoms with van der Waals surface area (Å²) in [5.74, 6) is 0. The molecule has 0 aliphatic heterocycles. The molecule has 2 N–H and O–H groups in total. The molecule has 0 saturated heterocycles. The van der Waals surface area contributed by atoms with Gasteiger partial charge in [-0.2, -0.15) is 10.2 Å². The quantitative estimate of drug-likeness (QED) is 0.423. The van der Waals surface area contributed by atoms with Gasteiger partial charge >= 0.3 is 0 Å². The number of aromatic nitrogens is 4. The van der Waals surface area contributed by atoms with E-state index in [1.807, 2.05) is 53.7 Å². The third-order valence-electron chi connectivity index (χ3n) is 4.25. The summed E-state index contributed by atoms with van der Waals surface area (Å²) in [6.45, 7) is 6.05. The van der Waals surface area contributed by atoms with E-state index in [2.05, 4.69) is 20.8 Å². The number of nitrogens with zero attached hydrogens (tertiary/aromatic N) is 4. The van der Waals surface area contributed by atoms with Crippen LogP contribution in [0.5, 0.6) is 0 Å². The predicted molar refractivity (Wildman–Crippen MR) is 118 cm³/mol. The molecule has 6 nitrogen and oxygen atoms in total. The molecule has 0 amide bonds. The second-order valence-corrected chi connectivity index (χ2v) is 7.72. The van der Waals surface area contributed by atoms with E-state index in [0.29, 0.717) is 11.7 Å². The van der Waals surface area contributed by atoms with Crippen LogP contribution in [0.4, 0.5) is 5.69 Å². The number of benzene rings is 1. The summed E-state index contributed by atoms with van der Waals surface area (Å²) in [7, 11) is 0. The molecule has 0 saturated carbocycles. The van der Waals surface area contributed by atoms with E-state index in [-0.39, 0.29) is 0 Å². The molecule has 0 unspecified atom stereocenters. The van der Waals surface area contributed by atoms with Crippen LogP contribution in [0.2, 0.25) is 10.0 Å². The van der Waals surface area contributed by atoms with Gasteiger partial charge in [0.25, 0.3) is 0 Å². The monoisotopic (exact) mass is 436 g/mol. The molecule has 0 spiro atoms. The summed E-state index contributed by atoms with van der Waals surface area (Å²) in [5, 5.41) is 17.1. The van der Waals surface area contributed by atoms with Crippen LogP contribution >= 0.6 is 35.4 Å². The van der Waals surface area contributed by atoms with Crippen LogP contribution in [-0.4, -0.2) is 31.2 Å². The second-order valence-electron chi connectivity index (χ2n) is 6.50. The van der Waals surface area contributed by atoms with Gasteiger partial charge in [-0.05, 0) is 50.2 Å². The van der Waals surface area contributed by atoms with Crippen molar-refractivity contribution in [1.29, 1.82) is 0 Å². The van der Waals surface area contributed by atoms with Crippen LogP contribution in [0.1, 0.15) is 23.4 Å². The summed E-state index contributed by atoms with van der Waals surface area (Å²) >= 11 is 17.5. The van der Waals surface area contributed by atoms with Crippen LogP contribution in [-0.2, 0) is 13.1 Å². The van der Waals surface area contributed by atoms with E-state index in [1.54, 1.807) is 6.20 Å². The van der Waals surface area contributed by atoms with Crippen molar-refractivity contribution in [3.05, 3.63) is 63.7 Å². The van der Waals surface area contributed by atoms with Crippen LogP contribution in [0.15, 0.2) is 36.7 Å². The fourth-order valence-corrected chi connectivity index (χ4v) is 3.40. The molecule has 0 fully saturated rings. The van der Waals surface area contributed by atoms with Crippen LogP contribution in [0.3, 0.4) is 0 Å². The molecule has 2 aromatic heterocycles. The van der Waals surface area contributed by atoms with Gasteiger partial charge in [0.15, 0.2) is 5.11 Å². The summed E-state index contributed by atoms with van der Waals surface area (Å²) in [6.07, 6.45) is 4.54. The van der Waals surface area contributed by atoms with Gasteiger partial charge in [-0.25, -0.2) is 0 Å². The molecule has 3 rings (SSSR count). The van der Waals surface area contributed by atoms with Gasteiger partial charge in [-0.3, -0.25) is 9.36 Å². The van der Waals surface area contributed by atoms with Gasteiger partial charge in [0.2, 0.25) is 0 Å². The zero-order valence-electron chi connectivity index (χ0n) is 15.7. The predicted octanol–water partition coefficient (Wildman–Crippen LogP) is 4.43. The minimum Gasteiger partial charge on any atom is -0.362 e. The number of thiocarbonyl (C=S) groups is 1. The van der Waals surface area contributed by atoms with Crippen molar-refractivity contribution in [2.24, 2.45) is 0 Å². The summed E-state index contributed by atoms with van der Waals surface area (Å²) in [4.78, 5) is 0. The lowest BCUT2D eigenvalue weighted by molar-refractivity contribution is 0.558. The summed E-state index contributed by atoms with van der Waals surface area (Å²) in [6, 6.07) is 7.73. The maximum atomic E-state index is 6.17. The van der Waals surface area contributed by atoms with Crippen molar-refractivity contribution < 1.29 is 0 Å².